The predicted molar refractivity (Wildman–Crippen MR) is 103 cm³/mol. The van der Waals surface area contributed by atoms with Gasteiger partial charge in [0.15, 0.2) is 0 Å². The number of rotatable bonds is 7. The van der Waals surface area contributed by atoms with Gasteiger partial charge in [0.1, 0.15) is 0 Å². The molecule has 0 heterocycles. The number of aromatic carboxylic acids is 1. The van der Waals surface area contributed by atoms with Crippen LogP contribution in [0.4, 0.5) is 0 Å². The van der Waals surface area contributed by atoms with Crippen LogP contribution in [0.5, 0.6) is 0 Å². The van der Waals surface area contributed by atoms with Crippen molar-refractivity contribution in [1.29, 1.82) is 0 Å². The maximum Gasteiger partial charge on any atom is 0.336 e. The number of hydrazone groups is 1. The summed E-state index contributed by atoms with van der Waals surface area (Å²) < 4.78 is 26.5. The van der Waals surface area contributed by atoms with Crippen LogP contribution in [-0.4, -0.2) is 49.5 Å². The van der Waals surface area contributed by atoms with E-state index in [0.29, 0.717) is 5.56 Å². The standard InChI is InChI=1S/C17H16BrN3O5S/c1-21(27(25,26)14-8-6-13(18)7-9-14)11-16(22)20-19-10-12-4-2-3-5-15(12)17(23)24/h2-10H,11H2,1H3,(H,20,22)(H,23,24)/b19-10-. The third-order valence-electron chi connectivity index (χ3n) is 3.47. The number of nitrogens with one attached hydrogen (secondary N) is 1. The molecule has 2 aromatic rings. The summed E-state index contributed by atoms with van der Waals surface area (Å²) in [5.74, 6) is -1.79. The van der Waals surface area contributed by atoms with Crippen molar-refractivity contribution in [2.24, 2.45) is 5.10 Å². The second-order valence-electron chi connectivity index (χ2n) is 5.40. The van der Waals surface area contributed by atoms with Crippen LogP contribution in [0.3, 0.4) is 0 Å². The monoisotopic (exact) mass is 453 g/mol. The molecular formula is C17H16BrN3O5S. The van der Waals surface area contributed by atoms with Crippen molar-refractivity contribution in [2.45, 2.75) is 4.90 Å². The summed E-state index contributed by atoms with van der Waals surface area (Å²) in [5.41, 5.74) is 2.52. The van der Waals surface area contributed by atoms with E-state index >= 15 is 0 Å². The Morgan fingerprint density at radius 2 is 1.81 bits per heavy atom. The van der Waals surface area contributed by atoms with E-state index in [9.17, 15) is 18.0 Å². The highest BCUT2D eigenvalue weighted by Crippen LogP contribution is 2.17. The molecule has 1 amide bonds. The van der Waals surface area contributed by atoms with Crippen LogP contribution in [0, 0.1) is 0 Å². The highest BCUT2D eigenvalue weighted by molar-refractivity contribution is 9.10. The lowest BCUT2D eigenvalue weighted by molar-refractivity contribution is -0.121. The first-order valence-corrected chi connectivity index (χ1v) is 9.81. The second-order valence-corrected chi connectivity index (χ2v) is 8.36. The van der Waals surface area contributed by atoms with Gasteiger partial charge in [-0.25, -0.2) is 18.6 Å². The summed E-state index contributed by atoms with van der Waals surface area (Å²) in [6, 6.07) is 12.2. The fraction of sp³-hybridized carbons (Fsp3) is 0.118. The number of carboxylic acid groups (broad SMARTS) is 1. The summed E-state index contributed by atoms with van der Waals surface area (Å²) in [6.07, 6.45) is 1.19. The second kappa shape index (κ2) is 8.89. The van der Waals surface area contributed by atoms with Crippen molar-refractivity contribution in [3.8, 4) is 0 Å². The molecule has 0 aromatic heterocycles. The van der Waals surface area contributed by atoms with Gasteiger partial charge in [0.05, 0.1) is 23.2 Å². The number of carbonyl (C=O) groups excluding carboxylic acids is 1. The van der Waals surface area contributed by atoms with E-state index < -0.39 is 28.4 Å². The molecule has 8 nitrogen and oxygen atoms in total. The summed E-state index contributed by atoms with van der Waals surface area (Å²) in [5, 5.41) is 12.8. The zero-order valence-electron chi connectivity index (χ0n) is 14.2. The molecule has 0 bridgehead atoms. The summed E-state index contributed by atoms with van der Waals surface area (Å²) >= 11 is 3.23. The zero-order chi connectivity index (χ0) is 20.0. The molecule has 142 valence electrons. The number of carboxylic acids is 1. The summed E-state index contributed by atoms with van der Waals surface area (Å²) in [4.78, 5) is 23.1. The average Bonchev–Trinajstić information content (AvgIpc) is 2.62. The van der Waals surface area contributed by atoms with Gasteiger partial charge >= 0.3 is 5.97 Å². The van der Waals surface area contributed by atoms with Gasteiger partial charge in [-0.3, -0.25) is 4.79 Å². The third-order valence-corrected chi connectivity index (χ3v) is 5.82. The van der Waals surface area contributed by atoms with Crippen molar-refractivity contribution < 1.29 is 23.1 Å². The van der Waals surface area contributed by atoms with Crippen LogP contribution in [-0.2, 0) is 14.8 Å². The molecule has 0 saturated heterocycles. The van der Waals surface area contributed by atoms with E-state index in [-0.39, 0.29) is 10.5 Å². The molecule has 0 atom stereocenters. The molecule has 2 N–H and O–H groups in total. The third kappa shape index (κ3) is 5.46. The lowest BCUT2D eigenvalue weighted by atomic mass is 10.1. The predicted octanol–water partition coefficient (Wildman–Crippen LogP) is 1.92. The minimum atomic E-state index is -3.82. The molecule has 0 radical (unpaired) electrons. The van der Waals surface area contributed by atoms with Crippen LogP contribution in [0.15, 0.2) is 63.0 Å². The van der Waals surface area contributed by atoms with Crippen molar-refractivity contribution in [1.82, 2.24) is 9.73 Å². The Labute approximate surface area is 164 Å². The van der Waals surface area contributed by atoms with E-state index in [0.717, 1.165) is 8.78 Å². The van der Waals surface area contributed by atoms with Crippen LogP contribution < -0.4 is 5.43 Å². The summed E-state index contributed by atoms with van der Waals surface area (Å²) in [7, 11) is -2.55. The first-order valence-electron chi connectivity index (χ1n) is 7.58. The largest absolute Gasteiger partial charge is 0.478 e. The highest BCUT2D eigenvalue weighted by atomic mass is 79.9. The fourth-order valence-electron chi connectivity index (χ4n) is 2.09. The Morgan fingerprint density at radius 3 is 2.44 bits per heavy atom. The van der Waals surface area contributed by atoms with Gasteiger partial charge in [-0.05, 0) is 30.3 Å². The van der Waals surface area contributed by atoms with Gasteiger partial charge in [0.2, 0.25) is 10.0 Å². The minimum Gasteiger partial charge on any atom is -0.478 e. The zero-order valence-corrected chi connectivity index (χ0v) is 16.6. The maximum absolute atomic E-state index is 12.4. The molecule has 0 saturated carbocycles. The van der Waals surface area contributed by atoms with Gasteiger partial charge in [-0.2, -0.15) is 9.41 Å². The summed E-state index contributed by atoms with van der Waals surface area (Å²) in [6.45, 7) is -0.448. The van der Waals surface area contributed by atoms with E-state index in [1.54, 1.807) is 24.3 Å². The smallest absolute Gasteiger partial charge is 0.336 e. The molecule has 0 spiro atoms. The van der Waals surface area contributed by atoms with Gasteiger partial charge in [0.25, 0.3) is 5.91 Å². The topological polar surface area (TPSA) is 116 Å². The van der Waals surface area contributed by atoms with Crippen LogP contribution in [0.25, 0.3) is 0 Å². The maximum atomic E-state index is 12.4. The van der Waals surface area contributed by atoms with Crippen LogP contribution in [0.1, 0.15) is 15.9 Å². The number of amides is 1. The Kier molecular flexibility index (Phi) is 6.83. The van der Waals surface area contributed by atoms with Gasteiger partial charge in [-0.1, -0.05) is 34.1 Å². The van der Waals surface area contributed by atoms with Crippen molar-refractivity contribution >= 4 is 44.0 Å². The number of benzene rings is 2. The number of halogens is 1. The first kappa shape index (κ1) is 20.7. The number of nitrogens with zero attached hydrogens (tertiary/aromatic N) is 2. The van der Waals surface area contributed by atoms with Crippen molar-refractivity contribution in [2.75, 3.05) is 13.6 Å². The minimum absolute atomic E-state index is 0.0328. The molecule has 0 unspecified atom stereocenters. The van der Waals surface area contributed by atoms with Gasteiger partial charge in [-0.15, -0.1) is 0 Å². The average molecular weight is 454 g/mol. The highest BCUT2D eigenvalue weighted by Gasteiger charge is 2.22. The molecule has 10 heteroatoms. The first-order chi connectivity index (χ1) is 12.7. The van der Waals surface area contributed by atoms with E-state index in [2.05, 4.69) is 26.5 Å². The molecule has 0 fully saturated rings. The van der Waals surface area contributed by atoms with Crippen molar-refractivity contribution in [3.05, 3.63) is 64.1 Å². The molecule has 2 aromatic carbocycles. The quantitative estimate of drug-likeness (QED) is 0.490. The van der Waals surface area contributed by atoms with Crippen molar-refractivity contribution in [3.63, 3.8) is 0 Å². The van der Waals surface area contributed by atoms with E-state index in [4.69, 9.17) is 5.11 Å². The Bertz CT molecular complexity index is 974. The van der Waals surface area contributed by atoms with Crippen LogP contribution in [0.2, 0.25) is 0 Å². The molecule has 0 aliphatic rings. The van der Waals surface area contributed by atoms with E-state index in [1.807, 2.05) is 0 Å². The molecule has 27 heavy (non-hydrogen) atoms. The lowest BCUT2D eigenvalue weighted by Crippen LogP contribution is -2.36. The number of hydrogen-bond acceptors (Lipinski definition) is 5. The Morgan fingerprint density at radius 1 is 1.19 bits per heavy atom. The molecule has 0 aliphatic heterocycles. The molecule has 0 aliphatic carbocycles. The van der Waals surface area contributed by atoms with Crippen LogP contribution >= 0.6 is 15.9 Å². The normalized spacial score (nSPS) is 11.7. The Balaban J connectivity index is 2.01. The number of carbonyl (C=O) groups is 2. The number of sulfonamides is 1. The van der Waals surface area contributed by atoms with Gasteiger partial charge < -0.3 is 5.11 Å². The molecular weight excluding hydrogens is 438 g/mol. The molecule has 2 rings (SSSR count). The fourth-order valence-corrected chi connectivity index (χ4v) is 3.48. The van der Waals surface area contributed by atoms with E-state index in [1.165, 1.54) is 37.5 Å². The number of hydrogen-bond donors (Lipinski definition) is 2. The Hall–Kier alpha value is -2.56. The SMILES string of the molecule is CN(CC(=O)N/N=C\c1ccccc1C(=O)O)S(=O)(=O)c1ccc(Br)cc1. The number of likely N-dealkylation sites (N-methyl/N-ethyl adjacent to an activating group) is 1. The lowest BCUT2D eigenvalue weighted by Gasteiger charge is -2.16. The van der Waals surface area contributed by atoms with Gasteiger partial charge in [0, 0.05) is 17.1 Å².